The molecule has 106 valence electrons. The van der Waals surface area contributed by atoms with Crippen LogP contribution in [0.3, 0.4) is 0 Å². The number of aromatic nitrogens is 1. The zero-order valence-electron chi connectivity index (χ0n) is 11.6. The second-order valence-corrected chi connectivity index (χ2v) is 6.51. The van der Waals surface area contributed by atoms with Gasteiger partial charge in [-0.2, -0.15) is 0 Å². The maximum absolute atomic E-state index is 5.52. The predicted octanol–water partition coefficient (Wildman–Crippen LogP) is 3.72. The number of fused-ring (bicyclic) bond motifs is 1. The van der Waals surface area contributed by atoms with Gasteiger partial charge in [0.1, 0.15) is 5.01 Å². The summed E-state index contributed by atoms with van der Waals surface area (Å²) in [6.45, 7) is 4.00. The van der Waals surface area contributed by atoms with Crippen molar-refractivity contribution in [2.75, 3.05) is 13.1 Å². The van der Waals surface area contributed by atoms with Gasteiger partial charge in [-0.1, -0.05) is 12.1 Å². The average molecular weight is 305 g/mol. The summed E-state index contributed by atoms with van der Waals surface area (Å²) in [6.07, 6.45) is 3.62. The number of hydrogen-bond donors (Lipinski definition) is 1. The van der Waals surface area contributed by atoms with Gasteiger partial charge < -0.3 is 10.2 Å². The third kappa shape index (κ3) is 2.65. The molecule has 1 N–H and O–H groups in total. The standard InChI is InChI=1S/C15H19N3S2/c1-2-16-15(19)18-10-6-5-8-12(18)14-17-11-7-3-4-9-13(11)20-14/h3-4,7,9,12H,2,5-6,8,10H2,1H3,(H,16,19)/t12-/m0/s1. The Morgan fingerprint density at radius 1 is 1.45 bits per heavy atom. The van der Waals surface area contributed by atoms with Crippen molar-refractivity contribution in [3.63, 3.8) is 0 Å². The summed E-state index contributed by atoms with van der Waals surface area (Å²) in [6, 6.07) is 8.70. The number of hydrogen-bond acceptors (Lipinski definition) is 3. The SMILES string of the molecule is CCNC(=S)N1CCCC[C@H]1c1nc2ccccc2s1. The molecule has 0 bridgehead atoms. The molecule has 20 heavy (non-hydrogen) atoms. The van der Waals surface area contributed by atoms with Crippen molar-refractivity contribution in [1.82, 2.24) is 15.2 Å². The lowest BCUT2D eigenvalue weighted by Gasteiger charge is -2.36. The minimum atomic E-state index is 0.340. The molecule has 0 unspecified atom stereocenters. The van der Waals surface area contributed by atoms with Crippen LogP contribution in [0.4, 0.5) is 0 Å². The van der Waals surface area contributed by atoms with Crippen LogP contribution in [0.25, 0.3) is 10.2 Å². The first kappa shape index (κ1) is 13.8. The summed E-state index contributed by atoms with van der Waals surface area (Å²) in [7, 11) is 0. The van der Waals surface area contributed by atoms with E-state index in [-0.39, 0.29) is 0 Å². The Morgan fingerprint density at radius 2 is 2.30 bits per heavy atom. The third-order valence-corrected chi connectivity index (χ3v) is 5.20. The highest BCUT2D eigenvalue weighted by molar-refractivity contribution is 7.80. The van der Waals surface area contributed by atoms with Crippen molar-refractivity contribution in [2.45, 2.75) is 32.2 Å². The van der Waals surface area contributed by atoms with E-state index in [1.807, 2.05) is 6.07 Å². The molecule has 1 aliphatic heterocycles. The Bertz CT molecular complexity index is 575. The number of rotatable bonds is 2. The van der Waals surface area contributed by atoms with Crippen LogP contribution in [0, 0.1) is 0 Å². The molecule has 0 aliphatic carbocycles. The van der Waals surface area contributed by atoms with Crippen LogP contribution in [0.1, 0.15) is 37.2 Å². The van der Waals surface area contributed by atoms with Crippen LogP contribution >= 0.6 is 23.6 Å². The summed E-state index contributed by atoms with van der Waals surface area (Å²) in [5.74, 6) is 0. The van der Waals surface area contributed by atoms with E-state index in [4.69, 9.17) is 17.2 Å². The topological polar surface area (TPSA) is 28.2 Å². The van der Waals surface area contributed by atoms with E-state index in [0.717, 1.165) is 30.1 Å². The minimum absolute atomic E-state index is 0.340. The van der Waals surface area contributed by atoms with Crippen molar-refractivity contribution < 1.29 is 0 Å². The van der Waals surface area contributed by atoms with Crippen molar-refractivity contribution in [2.24, 2.45) is 0 Å². The van der Waals surface area contributed by atoms with Crippen LogP contribution < -0.4 is 5.32 Å². The molecule has 2 heterocycles. The van der Waals surface area contributed by atoms with Gasteiger partial charge in [-0.15, -0.1) is 11.3 Å². The molecule has 0 saturated carbocycles. The molecule has 1 aromatic carbocycles. The molecule has 0 amide bonds. The first-order valence-electron chi connectivity index (χ1n) is 7.19. The van der Waals surface area contributed by atoms with Gasteiger partial charge in [-0.3, -0.25) is 0 Å². The molecule has 1 atom stereocenters. The molecular weight excluding hydrogens is 286 g/mol. The quantitative estimate of drug-likeness (QED) is 0.856. The van der Waals surface area contributed by atoms with Gasteiger partial charge in [0.05, 0.1) is 16.3 Å². The summed E-state index contributed by atoms with van der Waals surface area (Å²) in [5, 5.41) is 5.35. The molecule has 1 fully saturated rings. The van der Waals surface area contributed by atoms with Gasteiger partial charge in [0.15, 0.2) is 5.11 Å². The Morgan fingerprint density at radius 3 is 3.10 bits per heavy atom. The van der Waals surface area contributed by atoms with E-state index in [2.05, 4.69) is 35.3 Å². The first-order chi connectivity index (χ1) is 9.79. The molecule has 3 rings (SSSR count). The maximum atomic E-state index is 5.52. The molecule has 5 heteroatoms. The van der Waals surface area contributed by atoms with E-state index in [0.29, 0.717) is 6.04 Å². The number of nitrogens with zero attached hydrogens (tertiary/aromatic N) is 2. The number of para-hydroxylation sites is 1. The molecule has 0 spiro atoms. The van der Waals surface area contributed by atoms with Crippen LogP contribution in [-0.4, -0.2) is 28.1 Å². The van der Waals surface area contributed by atoms with Crippen molar-refractivity contribution in [3.8, 4) is 0 Å². The number of likely N-dealkylation sites (tertiary alicyclic amines) is 1. The van der Waals surface area contributed by atoms with Gasteiger partial charge in [-0.25, -0.2) is 4.98 Å². The van der Waals surface area contributed by atoms with E-state index < -0.39 is 0 Å². The molecule has 3 nitrogen and oxygen atoms in total. The van der Waals surface area contributed by atoms with E-state index in [1.165, 1.54) is 22.5 Å². The van der Waals surface area contributed by atoms with Crippen LogP contribution in [0.2, 0.25) is 0 Å². The fraction of sp³-hybridized carbons (Fsp3) is 0.467. The Balaban J connectivity index is 1.90. The number of nitrogens with one attached hydrogen (secondary N) is 1. The zero-order valence-corrected chi connectivity index (χ0v) is 13.3. The fourth-order valence-corrected chi connectivity index (χ4v) is 4.19. The van der Waals surface area contributed by atoms with Gasteiger partial charge >= 0.3 is 0 Å². The molecule has 1 aliphatic rings. The third-order valence-electron chi connectivity index (χ3n) is 3.69. The highest BCUT2D eigenvalue weighted by Gasteiger charge is 2.28. The maximum Gasteiger partial charge on any atom is 0.169 e. The van der Waals surface area contributed by atoms with E-state index >= 15 is 0 Å². The lowest BCUT2D eigenvalue weighted by Crippen LogP contribution is -2.44. The Kier molecular flexibility index (Phi) is 4.17. The molecule has 1 saturated heterocycles. The lowest BCUT2D eigenvalue weighted by molar-refractivity contribution is 0.242. The highest BCUT2D eigenvalue weighted by Crippen LogP contribution is 2.35. The van der Waals surface area contributed by atoms with Gasteiger partial charge in [0.2, 0.25) is 0 Å². The Hall–Kier alpha value is -1.20. The highest BCUT2D eigenvalue weighted by atomic mass is 32.1. The molecular formula is C15H19N3S2. The van der Waals surface area contributed by atoms with Crippen molar-refractivity contribution in [3.05, 3.63) is 29.3 Å². The normalized spacial score (nSPS) is 19.2. The van der Waals surface area contributed by atoms with Crippen molar-refractivity contribution in [1.29, 1.82) is 0 Å². The van der Waals surface area contributed by atoms with Crippen LogP contribution in [0.15, 0.2) is 24.3 Å². The summed E-state index contributed by atoms with van der Waals surface area (Å²) < 4.78 is 1.27. The fourth-order valence-electron chi connectivity index (χ4n) is 2.72. The molecule has 0 radical (unpaired) electrons. The lowest BCUT2D eigenvalue weighted by atomic mass is 10.0. The predicted molar refractivity (Wildman–Crippen MR) is 89.2 cm³/mol. The van der Waals surface area contributed by atoms with Gasteiger partial charge in [-0.05, 0) is 50.5 Å². The van der Waals surface area contributed by atoms with Crippen LogP contribution in [-0.2, 0) is 0 Å². The summed E-state index contributed by atoms with van der Waals surface area (Å²) >= 11 is 7.33. The Labute approximate surface area is 129 Å². The monoisotopic (exact) mass is 305 g/mol. The van der Waals surface area contributed by atoms with E-state index in [1.54, 1.807) is 11.3 Å². The van der Waals surface area contributed by atoms with Gasteiger partial charge in [0, 0.05) is 13.1 Å². The number of thiazole rings is 1. The first-order valence-corrected chi connectivity index (χ1v) is 8.42. The average Bonchev–Trinajstić information content (AvgIpc) is 2.91. The largest absolute Gasteiger partial charge is 0.363 e. The van der Waals surface area contributed by atoms with Gasteiger partial charge in [0.25, 0.3) is 0 Å². The minimum Gasteiger partial charge on any atom is -0.363 e. The molecule has 1 aromatic heterocycles. The second kappa shape index (κ2) is 6.06. The second-order valence-electron chi connectivity index (χ2n) is 5.06. The van der Waals surface area contributed by atoms with E-state index in [9.17, 15) is 0 Å². The van der Waals surface area contributed by atoms with Crippen molar-refractivity contribution >= 4 is 38.9 Å². The number of benzene rings is 1. The zero-order chi connectivity index (χ0) is 13.9. The summed E-state index contributed by atoms with van der Waals surface area (Å²) in [5.41, 5.74) is 1.10. The number of thiocarbonyl (C=S) groups is 1. The molecule has 2 aromatic rings. The number of piperidine rings is 1. The summed E-state index contributed by atoms with van der Waals surface area (Å²) in [4.78, 5) is 7.14. The van der Waals surface area contributed by atoms with Crippen LogP contribution in [0.5, 0.6) is 0 Å². The smallest absolute Gasteiger partial charge is 0.169 e.